The number of piperidine rings is 1. The van der Waals surface area contributed by atoms with Crippen LogP contribution in [-0.4, -0.2) is 87.7 Å². The van der Waals surface area contributed by atoms with Crippen LogP contribution in [0.15, 0.2) is 35.7 Å². The van der Waals surface area contributed by atoms with Gasteiger partial charge in [0.25, 0.3) is 5.91 Å². The summed E-state index contributed by atoms with van der Waals surface area (Å²) in [6.45, 7) is 10.2. The maximum absolute atomic E-state index is 13.6. The third-order valence-corrected chi connectivity index (χ3v) is 10.1. The van der Waals surface area contributed by atoms with Crippen LogP contribution in [-0.2, 0) is 27.2 Å². The second kappa shape index (κ2) is 18.3. The third kappa shape index (κ3) is 11.4. The number of hydrogen-bond acceptors (Lipinski definition) is 8. The molecule has 12 heteroatoms. The van der Waals surface area contributed by atoms with E-state index in [1.54, 1.807) is 12.3 Å². The molecule has 1 aliphatic heterocycles. The molecule has 5 N–H and O–H groups in total. The van der Waals surface area contributed by atoms with Crippen LogP contribution in [0.25, 0.3) is 0 Å². The van der Waals surface area contributed by atoms with E-state index in [1.807, 2.05) is 70.0 Å². The van der Waals surface area contributed by atoms with Gasteiger partial charge in [-0.2, -0.15) is 0 Å². The molecule has 0 unspecified atom stereocenters. The summed E-state index contributed by atoms with van der Waals surface area (Å²) in [5.41, 5.74) is 1.17. The molecule has 1 aliphatic rings. The number of aliphatic hydroxyl groups is 1. The van der Waals surface area contributed by atoms with Crippen LogP contribution in [0.5, 0.6) is 0 Å². The van der Waals surface area contributed by atoms with E-state index in [2.05, 4.69) is 20.9 Å². The average molecular weight is 672 g/mol. The zero-order valence-corrected chi connectivity index (χ0v) is 29.4. The third-order valence-electron chi connectivity index (χ3n) is 9.20. The lowest BCUT2D eigenvalue weighted by Gasteiger charge is -2.34. The Labute approximate surface area is 282 Å². The molecule has 2 aromatic rings. The number of rotatable bonds is 17. The van der Waals surface area contributed by atoms with E-state index in [9.17, 15) is 29.4 Å². The van der Waals surface area contributed by atoms with Gasteiger partial charge in [0, 0.05) is 17.8 Å². The summed E-state index contributed by atoms with van der Waals surface area (Å²) in [7, 11) is 1.93. The van der Waals surface area contributed by atoms with Gasteiger partial charge in [-0.1, -0.05) is 77.8 Å². The van der Waals surface area contributed by atoms with Crippen LogP contribution in [0.4, 0.5) is 0 Å². The van der Waals surface area contributed by atoms with Gasteiger partial charge in [-0.15, -0.1) is 11.3 Å². The van der Waals surface area contributed by atoms with Gasteiger partial charge in [-0.05, 0) is 56.7 Å². The lowest BCUT2D eigenvalue weighted by atomic mass is 9.93. The Morgan fingerprint density at radius 1 is 1.02 bits per heavy atom. The molecule has 0 saturated carbocycles. The van der Waals surface area contributed by atoms with E-state index in [-0.39, 0.29) is 48.2 Å². The normalized spacial score (nSPS) is 19.2. The number of hydrogen-bond donors (Lipinski definition) is 5. The molecule has 0 bridgehead atoms. The van der Waals surface area contributed by atoms with E-state index in [4.69, 9.17) is 0 Å². The number of aliphatic hydroxyl groups excluding tert-OH is 1. The van der Waals surface area contributed by atoms with E-state index in [1.165, 1.54) is 11.3 Å². The molecule has 7 atom stereocenters. The molecule has 0 radical (unpaired) electrons. The number of carbonyl (C=O) groups excluding carboxylic acids is 3. The molecule has 11 nitrogen and oxygen atoms in total. The molecule has 1 aromatic heterocycles. The van der Waals surface area contributed by atoms with Crippen LogP contribution >= 0.6 is 11.3 Å². The molecule has 3 amide bonds. The van der Waals surface area contributed by atoms with E-state index in [0.29, 0.717) is 17.8 Å². The largest absolute Gasteiger partial charge is 0.481 e. The SMILES string of the molecule is CC[C@H](C)[C@H](NC(=O)[C@H]1CCCCN1C)C(=O)N[C@@H](C(C)C)[C@H](O)Cc1nc(C(=O)N[C@@H](Cc2ccccc2)C[C@H](C)C(=O)O)cs1. The van der Waals surface area contributed by atoms with Crippen molar-refractivity contribution in [2.75, 3.05) is 13.6 Å². The van der Waals surface area contributed by atoms with E-state index in [0.717, 1.165) is 31.4 Å². The Balaban J connectivity index is 1.66. The van der Waals surface area contributed by atoms with Gasteiger partial charge in [0.1, 0.15) is 11.7 Å². The van der Waals surface area contributed by atoms with Gasteiger partial charge < -0.3 is 26.2 Å². The van der Waals surface area contributed by atoms with Gasteiger partial charge in [0.2, 0.25) is 11.8 Å². The number of thiazole rings is 1. The van der Waals surface area contributed by atoms with Crippen LogP contribution < -0.4 is 16.0 Å². The van der Waals surface area contributed by atoms with Crippen molar-refractivity contribution in [2.45, 2.75) is 110 Å². The van der Waals surface area contributed by atoms with Crippen molar-refractivity contribution in [1.82, 2.24) is 25.8 Å². The van der Waals surface area contributed by atoms with Crippen molar-refractivity contribution < 1.29 is 29.4 Å². The number of likely N-dealkylation sites (tertiary alicyclic amines) is 1. The number of benzene rings is 1. The molecular formula is C35H53N5O6S. The van der Waals surface area contributed by atoms with Gasteiger partial charge in [-0.3, -0.25) is 24.1 Å². The highest BCUT2D eigenvalue weighted by molar-refractivity contribution is 7.09. The van der Waals surface area contributed by atoms with Crippen LogP contribution in [0.3, 0.4) is 0 Å². The fourth-order valence-electron chi connectivity index (χ4n) is 6.01. The van der Waals surface area contributed by atoms with Crippen molar-refractivity contribution in [3.8, 4) is 0 Å². The molecule has 260 valence electrons. The van der Waals surface area contributed by atoms with Crippen molar-refractivity contribution in [3.63, 3.8) is 0 Å². The lowest BCUT2D eigenvalue weighted by molar-refractivity contribution is -0.141. The Hall–Kier alpha value is -3.35. The first-order valence-corrected chi connectivity index (χ1v) is 17.7. The maximum atomic E-state index is 13.6. The maximum Gasteiger partial charge on any atom is 0.306 e. The number of likely N-dealkylation sites (N-methyl/N-ethyl adjacent to an activating group) is 1. The summed E-state index contributed by atoms with van der Waals surface area (Å²) in [5, 5.41) is 31.9. The molecule has 0 aliphatic carbocycles. The fraction of sp³-hybridized carbons (Fsp3) is 0.629. The Morgan fingerprint density at radius 3 is 2.34 bits per heavy atom. The summed E-state index contributed by atoms with van der Waals surface area (Å²) in [6.07, 6.45) is 3.35. The van der Waals surface area contributed by atoms with Crippen molar-refractivity contribution in [1.29, 1.82) is 0 Å². The molecular weight excluding hydrogens is 618 g/mol. The molecule has 2 heterocycles. The summed E-state index contributed by atoms with van der Waals surface area (Å²) in [5.74, 6) is -2.69. The second-order valence-electron chi connectivity index (χ2n) is 13.4. The highest BCUT2D eigenvalue weighted by atomic mass is 32.1. The highest BCUT2D eigenvalue weighted by Gasteiger charge is 2.34. The highest BCUT2D eigenvalue weighted by Crippen LogP contribution is 2.20. The van der Waals surface area contributed by atoms with Gasteiger partial charge in [0.15, 0.2) is 0 Å². The number of carboxylic acid groups (broad SMARTS) is 1. The average Bonchev–Trinajstić information content (AvgIpc) is 3.50. The van der Waals surface area contributed by atoms with Crippen molar-refractivity contribution in [2.24, 2.45) is 17.8 Å². The number of aromatic nitrogens is 1. The van der Waals surface area contributed by atoms with E-state index < -0.39 is 42.0 Å². The molecule has 0 spiro atoms. The number of carboxylic acids is 1. The van der Waals surface area contributed by atoms with Crippen LogP contribution in [0.1, 0.15) is 87.8 Å². The first kappa shape index (κ1) is 38.1. The molecule has 1 aromatic carbocycles. The minimum absolute atomic E-state index is 0.109. The summed E-state index contributed by atoms with van der Waals surface area (Å²) in [4.78, 5) is 58.0. The Bertz CT molecular complexity index is 1320. The van der Waals surface area contributed by atoms with Gasteiger partial charge >= 0.3 is 5.97 Å². The summed E-state index contributed by atoms with van der Waals surface area (Å²) < 4.78 is 0. The molecule has 1 saturated heterocycles. The minimum Gasteiger partial charge on any atom is -0.481 e. The Kier molecular flexibility index (Phi) is 14.8. The molecule has 47 heavy (non-hydrogen) atoms. The monoisotopic (exact) mass is 671 g/mol. The van der Waals surface area contributed by atoms with Gasteiger partial charge in [-0.25, -0.2) is 4.98 Å². The number of amides is 3. The van der Waals surface area contributed by atoms with E-state index >= 15 is 0 Å². The standard InChI is InChI=1S/C35H53N5O6S/c1-7-22(4)31(39-33(43)27-15-11-12-16-40(27)6)34(44)38-30(21(2)3)28(41)19-29-37-26(20-47-29)32(42)36-25(17-23(5)35(45)46)18-24-13-9-8-10-14-24/h8-10,13-14,20-23,25,27-28,30-31,41H,7,11-12,15-19H2,1-6H3,(H,36,42)(H,38,44)(H,39,43)(H,45,46)/t22-,23-,25+,27+,28+,30-,31-/m0/s1. The summed E-state index contributed by atoms with van der Waals surface area (Å²) >= 11 is 1.24. The topological polar surface area (TPSA) is 161 Å². The van der Waals surface area contributed by atoms with Crippen molar-refractivity contribution >= 4 is 35.0 Å². The zero-order chi connectivity index (χ0) is 34.7. The minimum atomic E-state index is -0.985. The number of nitrogens with zero attached hydrogens (tertiary/aromatic N) is 2. The quantitative estimate of drug-likeness (QED) is 0.170. The van der Waals surface area contributed by atoms with Gasteiger partial charge in [0.05, 0.1) is 29.1 Å². The first-order chi connectivity index (χ1) is 22.3. The van der Waals surface area contributed by atoms with Crippen LogP contribution in [0.2, 0.25) is 0 Å². The number of aliphatic carboxylic acids is 1. The predicted octanol–water partition coefficient (Wildman–Crippen LogP) is 3.65. The fourth-order valence-corrected chi connectivity index (χ4v) is 6.84. The Morgan fingerprint density at radius 2 is 1.72 bits per heavy atom. The number of carbonyl (C=O) groups is 4. The second-order valence-corrected chi connectivity index (χ2v) is 14.3. The van der Waals surface area contributed by atoms with Crippen LogP contribution in [0, 0.1) is 17.8 Å². The number of nitrogens with one attached hydrogen (secondary N) is 3. The zero-order valence-electron chi connectivity index (χ0n) is 28.6. The predicted molar refractivity (Wildman–Crippen MR) is 183 cm³/mol. The van der Waals surface area contributed by atoms with Crippen molar-refractivity contribution in [3.05, 3.63) is 52.0 Å². The lowest BCUT2D eigenvalue weighted by Crippen LogP contribution is -2.59. The molecule has 1 fully saturated rings. The summed E-state index contributed by atoms with van der Waals surface area (Å²) in [6, 6.07) is 7.54. The smallest absolute Gasteiger partial charge is 0.306 e. The first-order valence-electron chi connectivity index (χ1n) is 16.8. The molecule has 3 rings (SSSR count).